The van der Waals surface area contributed by atoms with Crippen molar-refractivity contribution < 1.29 is 8.81 Å². The maximum atomic E-state index is 13.4. The van der Waals surface area contributed by atoms with Crippen LogP contribution in [0.2, 0.25) is 0 Å². The van der Waals surface area contributed by atoms with E-state index in [4.69, 9.17) is 4.42 Å². The predicted octanol–water partition coefficient (Wildman–Crippen LogP) is 2.96. The number of rotatable bonds is 6. The summed E-state index contributed by atoms with van der Waals surface area (Å²) in [5, 5.41) is 8.71. The Labute approximate surface area is 196 Å². The van der Waals surface area contributed by atoms with Crippen molar-refractivity contribution in [3.05, 3.63) is 92.7 Å². The number of aryl methyl sites for hydroxylation is 1. The normalized spacial score (nSPS) is 11.4. The molecule has 3 heterocycles. The largest absolute Gasteiger partial charge is 0.420 e. The lowest BCUT2D eigenvalue weighted by molar-refractivity contribution is 0.528. The quantitative estimate of drug-likeness (QED) is 0.346. The van der Waals surface area contributed by atoms with Crippen LogP contribution >= 0.6 is 11.8 Å². The summed E-state index contributed by atoms with van der Waals surface area (Å²) < 4.78 is 23.3. The smallest absolute Gasteiger partial charge is 0.332 e. The lowest BCUT2D eigenvalue weighted by Crippen LogP contribution is -2.37. The molecule has 0 amide bonds. The number of hydrogen-bond acceptors (Lipinski definition) is 7. The molecule has 0 saturated heterocycles. The van der Waals surface area contributed by atoms with E-state index in [0.29, 0.717) is 22.7 Å². The first-order chi connectivity index (χ1) is 16.4. The summed E-state index contributed by atoms with van der Waals surface area (Å²) in [7, 11) is 2.99. The summed E-state index contributed by atoms with van der Waals surface area (Å²) in [6.45, 7) is 0.269. The van der Waals surface area contributed by atoms with Crippen molar-refractivity contribution >= 4 is 22.9 Å². The maximum Gasteiger partial charge on any atom is 0.332 e. The second kappa shape index (κ2) is 8.75. The Bertz CT molecular complexity index is 1600. The van der Waals surface area contributed by atoms with Gasteiger partial charge in [0.2, 0.25) is 11.8 Å². The summed E-state index contributed by atoms with van der Waals surface area (Å²) in [6, 6.07) is 15.4. The maximum absolute atomic E-state index is 13.4. The van der Waals surface area contributed by atoms with Gasteiger partial charge in [0.1, 0.15) is 5.82 Å². The molecule has 0 spiro atoms. The lowest BCUT2D eigenvalue weighted by Gasteiger charge is -2.09. The Morgan fingerprint density at radius 3 is 2.44 bits per heavy atom. The minimum absolute atomic E-state index is 0.269. The number of nitrogens with zero attached hydrogens (tertiary/aromatic N) is 6. The highest BCUT2D eigenvalue weighted by atomic mass is 32.2. The SMILES string of the molecule is Cn1c(=O)c2c(nc(SCc3nnc(-c4ccccc4)o3)n2Cc2ccc(F)cc2)n(C)c1=O. The fourth-order valence-corrected chi connectivity index (χ4v) is 4.42. The van der Waals surface area contributed by atoms with Crippen LogP contribution in [0.3, 0.4) is 0 Å². The van der Waals surface area contributed by atoms with Crippen molar-refractivity contribution in [2.75, 3.05) is 0 Å². The van der Waals surface area contributed by atoms with Crippen LogP contribution in [0.25, 0.3) is 22.6 Å². The first kappa shape index (κ1) is 21.8. The molecule has 0 aliphatic carbocycles. The molecule has 2 aromatic carbocycles. The van der Waals surface area contributed by atoms with Crippen LogP contribution in [0.15, 0.2) is 73.8 Å². The van der Waals surface area contributed by atoms with Gasteiger partial charge in [0.05, 0.1) is 12.3 Å². The average Bonchev–Trinajstić information content (AvgIpc) is 3.47. The number of hydrogen-bond donors (Lipinski definition) is 0. The third-order valence-corrected chi connectivity index (χ3v) is 6.34. The van der Waals surface area contributed by atoms with Gasteiger partial charge in [-0.2, -0.15) is 0 Å². The third kappa shape index (κ3) is 3.94. The fraction of sp³-hybridized carbons (Fsp3) is 0.174. The van der Waals surface area contributed by atoms with E-state index >= 15 is 0 Å². The summed E-state index contributed by atoms with van der Waals surface area (Å²) in [5.41, 5.74) is 1.23. The molecule has 3 aromatic heterocycles. The molecule has 172 valence electrons. The van der Waals surface area contributed by atoms with Gasteiger partial charge in [0.25, 0.3) is 5.56 Å². The molecular weight excluding hydrogens is 459 g/mol. The Balaban J connectivity index is 1.53. The van der Waals surface area contributed by atoms with Gasteiger partial charge in [-0.05, 0) is 29.8 Å². The molecule has 0 aliphatic heterocycles. The van der Waals surface area contributed by atoms with Gasteiger partial charge in [-0.15, -0.1) is 10.2 Å². The first-order valence-corrected chi connectivity index (χ1v) is 11.3. The van der Waals surface area contributed by atoms with E-state index in [-0.39, 0.29) is 23.5 Å². The third-order valence-electron chi connectivity index (χ3n) is 5.38. The van der Waals surface area contributed by atoms with Crippen LogP contribution in [-0.4, -0.2) is 28.9 Å². The van der Waals surface area contributed by atoms with Crippen molar-refractivity contribution in [2.45, 2.75) is 17.5 Å². The fourth-order valence-electron chi connectivity index (χ4n) is 3.59. The van der Waals surface area contributed by atoms with E-state index in [1.54, 1.807) is 23.7 Å². The average molecular weight is 479 g/mol. The summed E-state index contributed by atoms with van der Waals surface area (Å²) in [6.07, 6.45) is 0. The van der Waals surface area contributed by atoms with Gasteiger partial charge in [0.15, 0.2) is 16.3 Å². The second-order valence-corrected chi connectivity index (χ2v) is 8.58. The number of aromatic nitrogens is 6. The van der Waals surface area contributed by atoms with Gasteiger partial charge in [-0.3, -0.25) is 13.9 Å². The topological polar surface area (TPSA) is 101 Å². The summed E-state index contributed by atoms with van der Waals surface area (Å²) in [4.78, 5) is 30.0. The molecular formula is C23H19FN6O3S. The molecule has 9 nitrogen and oxygen atoms in total. The highest BCUT2D eigenvalue weighted by molar-refractivity contribution is 7.98. The van der Waals surface area contributed by atoms with E-state index in [0.717, 1.165) is 15.7 Å². The van der Waals surface area contributed by atoms with Gasteiger partial charge in [0, 0.05) is 19.7 Å². The van der Waals surface area contributed by atoms with Gasteiger partial charge < -0.3 is 8.98 Å². The minimum atomic E-state index is -0.468. The van der Waals surface area contributed by atoms with Crippen LogP contribution in [0.1, 0.15) is 11.5 Å². The van der Waals surface area contributed by atoms with E-state index in [1.807, 2.05) is 30.3 Å². The van der Waals surface area contributed by atoms with Gasteiger partial charge in [-0.25, -0.2) is 14.2 Å². The molecule has 11 heteroatoms. The predicted molar refractivity (Wildman–Crippen MR) is 125 cm³/mol. The number of benzene rings is 2. The number of imidazole rings is 1. The number of fused-ring (bicyclic) bond motifs is 1. The van der Waals surface area contributed by atoms with Crippen molar-refractivity contribution in [3.63, 3.8) is 0 Å². The van der Waals surface area contributed by atoms with E-state index in [1.165, 1.54) is 35.5 Å². The molecule has 0 unspecified atom stereocenters. The van der Waals surface area contributed by atoms with Crippen LogP contribution < -0.4 is 11.2 Å². The molecule has 34 heavy (non-hydrogen) atoms. The van der Waals surface area contributed by atoms with E-state index in [9.17, 15) is 14.0 Å². The summed E-state index contributed by atoms with van der Waals surface area (Å²) >= 11 is 1.30. The van der Waals surface area contributed by atoms with E-state index in [2.05, 4.69) is 15.2 Å². The molecule has 5 aromatic rings. The highest BCUT2D eigenvalue weighted by Crippen LogP contribution is 2.27. The Kier molecular flexibility index (Phi) is 5.62. The first-order valence-electron chi connectivity index (χ1n) is 10.3. The van der Waals surface area contributed by atoms with Gasteiger partial charge >= 0.3 is 5.69 Å². The standard InChI is InChI=1S/C23H19FN6O3S/c1-28-19-18(21(31)29(2)23(28)32)30(12-14-8-10-16(24)11-9-14)22(25-19)34-13-17-26-27-20(33-17)15-6-4-3-5-7-15/h3-11H,12-13H2,1-2H3. The Morgan fingerprint density at radius 2 is 1.71 bits per heavy atom. The van der Waals surface area contributed by atoms with Crippen molar-refractivity contribution in [2.24, 2.45) is 14.1 Å². The number of thioether (sulfide) groups is 1. The van der Waals surface area contributed by atoms with Crippen LogP contribution in [-0.2, 0) is 26.4 Å². The van der Waals surface area contributed by atoms with Crippen molar-refractivity contribution in [1.29, 1.82) is 0 Å². The molecule has 0 aliphatic rings. The minimum Gasteiger partial charge on any atom is -0.420 e. The molecule has 0 fully saturated rings. The van der Waals surface area contributed by atoms with Crippen LogP contribution in [0.5, 0.6) is 0 Å². The van der Waals surface area contributed by atoms with Crippen LogP contribution in [0, 0.1) is 5.82 Å². The van der Waals surface area contributed by atoms with Crippen molar-refractivity contribution in [1.82, 2.24) is 28.9 Å². The molecule has 0 saturated carbocycles. The lowest BCUT2D eigenvalue weighted by atomic mass is 10.2. The number of halogens is 1. The Morgan fingerprint density at radius 1 is 0.971 bits per heavy atom. The molecule has 0 bridgehead atoms. The second-order valence-electron chi connectivity index (χ2n) is 7.64. The Hall–Kier alpha value is -3.99. The highest BCUT2D eigenvalue weighted by Gasteiger charge is 2.20. The van der Waals surface area contributed by atoms with Crippen molar-refractivity contribution in [3.8, 4) is 11.5 Å². The molecule has 0 atom stereocenters. The molecule has 5 rings (SSSR count). The monoisotopic (exact) mass is 478 g/mol. The van der Waals surface area contributed by atoms with E-state index < -0.39 is 11.2 Å². The zero-order valence-corrected chi connectivity index (χ0v) is 19.1. The van der Waals surface area contributed by atoms with Crippen LogP contribution in [0.4, 0.5) is 4.39 Å². The summed E-state index contributed by atoms with van der Waals surface area (Å²) in [5.74, 6) is 0.761. The zero-order chi connectivity index (χ0) is 23.8. The van der Waals surface area contributed by atoms with Gasteiger partial charge in [-0.1, -0.05) is 42.1 Å². The molecule has 0 N–H and O–H groups in total. The zero-order valence-electron chi connectivity index (χ0n) is 18.3. The molecule has 0 radical (unpaired) electrons.